The molecule has 106 valence electrons. The minimum atomic E-state index is 0. The minimum Gasteiger partial charge on any atom is -0.497 e. The van der Waals surface area contributed by atoms with Crippen LogP contribution in [0.4, 0.5) is 4.79 Å². The zero-order chi connectivity index (χ0) is 12.8. The number of ether oxygens (including phenoxy) is 1. The Morgan fingerprint density at radius 3 is 2.53 bits per heavy atom. The molecule has 0 atom stereocenters. The molecule has 19 heavy (non-hydrogen) atoms. The maximum absolute atomic E-state index is 11.9. The van der Waals surface area contributed by atoms with Crippen LogP contribution in [-0.4, -0.2) is 43.4 Å². The number of thioether (sulfide) groups is 1. The number of halogens is 1. The summed E-state index contributed by atoms with van der Waals surface area (Å²) in [4.78, 5) is 13.8. The maximum atomic E-state index is 11.9. The molecule has 0 aliphatic carbocycles. The molecule has 1 saturated heterocycles. The summed E-state index contributed by atoms with van der Waals surface area (Å²) in [6.07, 6.45) is 0. The zero-order valence-corrected chi connectivity index (χ0v) is 12.6. The van der Waals surface area contributed by atoms with Crippen molar-refractivity contribution in [2.75, 3.05) is 33.3 Å². The van der Waals surface area contributed by atoms with Crippen LogP contribution in [0.25, 0.3) is 0 Å². The summed E-state index contributed by atoms with van der Waals surface area (Å²) in [6, 6.07) is 7.84. The number of piperazine rings is 1. The Balaban J connectivity index is 0.00000180. The number of carbonyl (C=O) groups excluding carboxylic acids is 1. The van der Waals surface area contributed by atoms with Gasteiger partial charge in [0, 0.05) is 31.9 Å². The summed E-state index contributed by atoms with van der Waals surface area (Å²) >= 11 is 1.37. The zero-order valence-electron chi connectivity index (χ0n) is 10.9. The second-order valence-corrected chi connectivity index (χ2v) is 5.07. The van der Waals surface area contributed by atoms with Gasteiger partial charge >= 0.3 is 0 Å². The summed E-state index contributed by atoms with van der Waals surface area (Å²) in [5.74, 6) is 1.56. The van der Waals surface area contributed by atoms with Crippen LogP contribution in [0.15, 0.2) is 24.3 Å². The highest BCUT2D eigenvalue weighted by Crippen LogP contribution is 2.19. The number of carbonyl (C=O) groups is 1. The van der Waals surface area contributed by atoms with E-state index in [0.717, 1.165) is 37.5 Å². The van der Waals surface area contributed by atoms with Crippen LogP contribution < -0.4 is 10.1 Å². The lowest BCUT2D eigenvalue weighted by atomic mass is 10.2. The molecule has 1 N–H and O–H groups in total. The van der Waals surface area contributed by atoms with Crippen LogP contribution in [0.1, 0.15) is 5.56 Å². The van der Waals surface area contributed by atoms with Gasteiger partial charge < -0.3 is 15.0 Å². The second kappa shape index (κ2) is 8.30. The predicted molar refractivity (Wildman–Crippen MR) is 81.4 cm³/mol. The van der Waals surface area contributed by atoms with E-state index in [1.165, 1.54) is 11.8 Å². The van der Waals surface area contributed by atoms with Gasteiger partial charge in [-0.15, -0.1) is 12.4 Å². The summed E-state index contributed by atoms with van der Waals surface area (Å²) < 4.78 is 5.10. The Morgan fingerprint density at radius 2 is 1.95 bits per heavy atom. The molecule has 0 unspecified atom stereocenters. The molecule has 0 spiro atoms. The topological polar surface area (TPSA) is 41.6 Å². The molecular weight excluding hydrogens is 284 g/mol. The lowest BCUT2D eigenvalue weighted by molar-refractivity contribution is 0.215. The molecule has 0 saturated carbocycles. The number of amides is 1. The van der Waals surface area contributed by atoms with Gasteiger partial charge in [-0.2, -0.15) is 0 Å². The maximum Gasteiger partial charge on any atom is 0.282 e. The van der Waals surface area contributed by atoms with Gasteiger partial charge in [0.1, 0.15) is 5.75 Å². The Morgan fingerprint density at radius 1 is 1.32 bits per heavy atom. The average Bonchev–Trinajstić information content (AvgIpc) is 2.46. The van der Waals surface area contributed by atoms with E-state index in [0.29, 0.717) is 5.75 Å². The van der Waals surface area contributed by atoms with Crippen molar-refractivity contribution < 1.29 is 9.53 Å². The third-order valence-electron chi connectivity index (χ3n) is 2.90. The molecule has 2 rings (SSSR count). The van der Waals surface area contributed by atoms with Gasteiger partial charge in [0.15, 0.2) is 0 Å². The van der Waals surface area contributed by atoms with Crippen LogP contribution >= 0.6 is 24.2 Å². The molecule has 0 aromatic heterocycles. The Bertz CT molecular complexity index is 394. The van der Waals surface area contributed by atoms with Gasteiger partial charge in [-0.05, 0) is 17.7 Å². The first-order valence-electron chi connectivity index (χ1n) is 6.05. The van der Waals surface area contributed by atoms with Crippen LogP contribution in [0.2, 0.25) is 0 Å². The van der Waals surface area contributed by atoms with Gasteiger partial charge in [0.2, 0.25) is 0 Å². The van der Waals surface area contributed by atoms with Crippen molar-refractivity contribution >= 4 is 29.4 Å². The molecule has 6 heteroatoms. The van der Waals surface area contributed by atoms with Gasteiger partial charge in [-0.25, -0.2) is 0 Å². The van der Waals surface area contributed by atoms with E-state index in [4.69, 9.17) is 4.74 Å². The fraction of sp³-hybridized carbons (Fsp3) is 0.462. The van der Waals surface area contributed by atoms with Gasteiger partial charge in [0.25, 0.3) is 5.24 Å². The summed E-state index contributed by atoms with van der Waals surface area (Å²) in [5, 5.41) is 3.41. The number of hydrogen-bond donors (Lipinski definition) is 1. The fourth-order valence-electron chi connectivity index (χ4n) is 1.81. The number of nitrogens with one attached hydrogen (secondary N) is 1. The third kappa shape index (κ3) is 4.93. The van der Waals surface area contributed by atoms with E-state index in [9.17, 15) is 4.79 Å². The van der Waals surface area contributed by atoms with E-state index in [1.807, 2.05) is 29.2 Å². The number of hydrogen-bond acceptors (Lipinski definition) is 4. The summed E-state index contributed by atoms with van der Waals surface area (Å²) in [5.41, 5.74) is 1.14. The molecule has 1 amide bonds. The lowest BCUT2D eigenvalue weighted by Gasteiger charge is -2.26. The molecule has 1 heterocycles. The van der Waals surface area contributed by atoms with Crippen LogP contribution in [-0.2, 0) is 5.75 Å². The third-order valence-corrected chi connectivity index (χ3v) is 3.88. The van der Waals surface area contributed by atoms with Crippen molar-refractivity contribution in [3.63, 3.8) is 0 Å². The number of benzene rings is 1. The van der Waals surface area contributed by atoms with Gasteiger partial charge in [-0.3, -0.25) is 4.79 Å². The number of methoxy groups -OCH3 is 1. The quantitative estimate of drug-likeness (QED) is 0.931. The van der Waals surface area contributed by atoms with Crippen LogP contribution in [0.3, 0.4) is 0 Å². The van der Waals surface area contributed by atoms with Crippen molar-refractivity contribution in [3.05, 3.63) is 29.8 Å². The molecule has 4 nitrogen and oxygen atoms in total. The number of rotatable bonds is 3. The molecule has 1 fully saturated rings. The molecule has 1 aliphatic heterocycles. The van der Waals surface area contributed by atoms with Gasteiger partial charge in [0.05, 0.1) is 7.11 Å². The number of nitrogens with zero attached hydrogens (tertiary/aromatic N) is 1. The van der Waals surface area contributed by atoms with Crippen molar-refractivity contribution in [2.45, 2.75) is 5.75 Å². The first-order chi connectivity index (χ1) is 8.79. The summed E-state index contributed by atoms with van der Waals surface area (Å²) in [7, 11) is 1.65. The first-order valence-corrected chi connectivity index (χ1v) is 7.03. The normalized spacial score (nSPS) is 14.7. The molecule has 1 aromatic carbocycles. The summed E-state index contributed by atoms with van der Waals surface area (Å²) in [6.45, 7) is 3.42. The lowest BCUT2D eigenvalue weighted by Crippen LogP contribution is -2.45. The van der Waals surface area contributed by atoms with E-state index >= 15 is 0 Å². The van der Waals surface area contributed by atoms with Crippen molar-refractivity contribution in [3.8, 4) is 5.75 Å². The molecular formula is C13H19ClN2O2S. The highest BCUT2D eigenvalue weighted by molar-refractivity contribution is 8.12. The second-order valence-electron chi connectivity index (χ2n) is 4.14. The van der Waals surface area contributed by atoms with Crippen molar-refractivity contribution in [1.82, 2.24) is 10.2 Å². The highest BCUT2D eigenvalue weighted by atomic mass is 35.5. The SMILES string of the molecule is COc1ccc(CSC(=O)N2CCNCC2)cc1.Cl. The monoisotopic (exact) mass is 302 g/mol. The highest BCUT2D eigenvalue weighted by Gasteiger charge is 2.16. The largest absolute Gasteiger partial charge is 0.497 e. The van der Waals surface area contributed by atoms with Crippen LogP contribution in [0, 0.1) is 0 Å². The molecule has 1 aromatic rings. The standard InChI is InChI=1S/C13H18N2O2S.ClH/c1-17-12-4-2-11(3-5-12)10-18-13(16)15-8-6-14-7-9-15;/h2-5,14H,6-10H2,1H3;1H. The fourth-order valence-corrected chi connectivity index (χ4v) is 2.65. The predicted octanol–water partition coefficient (Wildman–Crippen LogP) is 2.38. The average molecular weight is 303 g/mol. The van der Waals surface area contributed by atoms with Gasteiger partial charge in [-0.1, -0.05) is 23.9 Å². The Kier molecular flexibility index (Phi) is 7.05. The van der Waals surface area contributed by atoms with E-state index < -0.39 is 0 Å². The molecule has 0 radical (unpaired) electrons. The molecule has 1 aliphatic rings. The molecule has 0 bridgehead atoms. The Labute approximate surface area is 124 Å². The van der Waals surface area contributed by atoms with Crippen molar-refractivity contribution in [1.29, 1.82) is 0 Å². The van der Waals surface area contributed by atoms with Crippen molar-refractivity contribution in [2.24, 2.45) is 0 Å². The minimum absolute atomic E-state index is 0. The van der Waals surface area contributed by atoms with E-state index in [1.54, 1.807) is 7.11 Å². The first kappa shape index (κ1) is 16.1. The smallest absolute Gasteiger partial charge is 0.282 e. The Hall–Kier alpha value is -0.910. The van der Waals surface area contributed by atoms with E-state index in [-0.39, 0.29) is 17.6 Å². The van der Waals surface area contributed by atoms with Crippen LogP contribution in [0.5, 0.6) is 5.75 Å². The van der Waals surface area contributed by atoms with E-state index in [2.05, 4.69) is 5.32 Å².